The molecule has 1 atom stereocenters. The molecule has 9 nitrogen and oxygen atoms in total. The van der Waals surface area contributed by atoms with Crippen LogP contribution in [0.1, 0.15) is 28.5 Å². The first-order valence-electron chi connectivity index (χ1n) is 9.97. The number of aromatic nitrogens is 2. The monoisotopic (exact) mass is 434 g/mol. The molecule has 1 unspecified atom stereocenters. The number of anilines is 2. The number of para-hydroxylation sites is 1. The molecule has 0 fully saturated rings. The van der Waals surface area contributed by atoms with Gasteiger partial charge in [0.05, 0.1) is 37.1 Å². The summed E-state index contributed by atoms with van der Waals surface area (Å²) in [5, 5.41) is 10.1. The molecular formula is C23H22N4O5. The number of ether oxygens (including phenoxy) is 2. The van der Waals surface area contributed by atoms with E-state index in [1.807, 2.05) is 30.3 Å². The van der Waals surface area contributed by atoms with Crippen molar-refractivity contribution >= 4 is 29.3 Å². The van der Waals surface area contributed by atoms with E-state index in [0.717, 1.165) is 11.1 Å². The van der Waals surface area contributed by atoms with Crippen LogP contribution < -0.4 is 10.6 Å². The Balaban J connectivity index is 1.61. The molecule has 1 aliphatic heterocycles. The molecule has 9 heteroatoms. The van der Waals surface area contributed by atoms with Gasteiger partial charge in [-0.1, -0.05) is 42.5 Å². The minimum absolute atomic E-state index is 0.156. The molecule has 2 amide bonds. The van der Waals surface area contributed by atoms with Gasteiger partial charge >= 0.3 is 5.97 Å². The number of rotatable bonds is 7. The Morgan fingerprint density at radius 1 is 1.09 bits per heavy atom. The van der Waals surface area contributed by atoms with E-state index in [2.05, 4.69) is 15.7 Å². The van der Waals surface area contributed by atoms with E-state index < -0.39 is 17.9 Å². The summed E-state index contributed by atoms with van der Waals surface area (Å²) in [5.41, 5.74) is 2.86. The maximum atomic E-state index is 12.8. The van der Waals surface area contributed by atoms with Gasteiger partial charge in [0.15, 0.2) is 0 Å². The molecule has 2 aromatic carbocycles. The lowest BCUT2D eigenvalue weighted by atomic mass is 10.1. The van der Waals surface area contributed by atoms with E-state index in [9.17, 15) is 14.4 Å². The van der Waals surface area contributed by atoms with E-state index in [0.29, 0.717) is 17.2 Å². The summed E-state index contributed by atoms with van der Waals surface area (Å²) in [7, 11) is 2.84. The van der Waals surface area contributed by atoms with Crippen molar-refractivity contribution in [3.05, 3.63) is 65.9 Å². The van der Waals surface area contributed by atoms with Crippen LogP contribution in [0.4, 0.5) is 11.5 Å². The quantitative estimate of drug-likeness (QED) is 0.553. The maximum Gasteiger partial charge on any atom is 0.339 e. The molecule has 32 heavy (non-hydrogen) atoms. The number of carbonyl (C=O) groups excluding carboxylic acids is 3. The van der Waals surface area contributed by atoms with Gasteiger partial charge in [-0.15, -0.1) is 0 Å². The van der Waals surface area contributed by atoms with Crippen molar-refractivity contribution in [2.24, 2.45) is 0 Å². The molecule has 1 aromatic heterocycles. The third-order valence-electron chi connectivity index (χ3n) is 5.15. The number of hydrogen-bond acceptors (Lipinski definition) is 6. The minimum Gasteiger partial charge on any atom is -0.465 e. The number of esters is 1. The van der Waals surface area contributed by atoms with Gasteiger partial charge < -0.3 is 20.1 Å². The van der Waals surface area contributed by atoms with Crippen molar-refractivity contribution in [3.8, 4) is 11.1 Å². The summed E-state index contributed by atoms with van der Waals surface area (Å²) in [5.74, 6) is -0.795. The third-order valence-corrected chi connectivity index (χ3v) is 5.15. The lowest BCUT2D eigenvalue weighted by molar-refractivity contribution is -0.123. The summed E-state index contributed by atoms with van der Waals surface area (Å²) in [6, 6.07) is 15.2. The van der Waals surface area contributed by atoms with E-state index >= 15 is 0 Å². The fraction of sp³-hybridized carbons (Fsp3) is 0.217. The Bertz CT molecular complexity index is 1170. The van der Waals surface area contributed by atoms with Crippen LogP contribution in [-0.2, 0) is 25.7 Å². The summed E-state index contributed by atoms with van der Waals surface area (Å²) in [4.78, 5) is 37.4. The topological polar surface area (TPSA) is 112 Å². The number of nitrogens with zero attached hydrogens (tertiary/aromatic N) is 2. The van der Waals surface area contributed by atoms with Crippen molar-refractivity contribution in [1.29, 1.82) is 0 Å². The first-order valence-corrected chi connectivity index (χ1v) is 9.97. The average molecular weight is 434 g/mol. The Morgan fingerprint density at radius 3 is 2.53 bits per heavy atom. The molecule has 0 spiro atoms. The van der Waals surface area contributed by atoms with Gasteiger partial charge in [0.1, 0.15) is 11.9 Å². The molecule has 1 aliphatic rings. The highest BCUT2D eigenvalue weighted by molar-refractivity contribution is 6.06. The van der Waals surface area contributed by atoms with Gasteiger partial charge in [0, 0.05) is 12.7 Å². The SMILES string of the molecule is COCc1nn2c(c1-c1ccccc1)NC(=O)C2CC(=O)Nc1ccccc1C(=O)OC. The first kappa shape index (κ1) is 21.3. The Hall–Kier alpha value is -3.98. The van der Waals surface area contributed by atoms with Gasteiger partial charge in [-0.2, -0.15) is 5.10 Å². The largest absolute Gasteiger partial charge is 0.465 e. The normalized spacial score (nSPS) is 14.6. The molecule has 0 bridgehead atoms. The average Bonchev–Trinajstić information content (AvgIpc) is 3.29. The number of nitrogens with one attached hydrogen (secondary N) is 2. The molecule has 2 N–H and O–H groups in total. The Labute approximate surface area is 184 Å². The smallest absolute Gasteiger partial charge is 0.339 e. The highest BCUT2D eigenvalue weighted by Gasteiger charge is 2.37. The number of benzene rings is 2. The van der Waals surface area contributed by atoms with E-state index in [1.165, 1.54) is 11.8 Å². The molecule has 0 aliphatic carbocycles. The summed E-state index contributed by atoms with van der Waals surface area (Å²) >= 11 is 0. The zero-order valence-electron chi connectivity index (χ0n) is 17.6. The second-order valence-electron chi connectivity index (χ2n) is 7.21. The minimum atomic E-state index is -0.830. The molecular weight excluding hydrogens is 412 g/mol. The molecule has 3 aromatic rings. The van der Waals surface area contributed by atoms with Gasteiger partial charge in [-0.3, -0.25) is 9.59 Å². The molecule has 164 valence electrons. The number of hydrogen-bond donors (Lipinski definition) is 2. The second-order valence-corrected chi connectivity index (χ2v) is 7.21. The predicted molar refractivity (Wildman–Crippen MR) is 117 cm³/mol. The number of fused-ring (bicyclic) bond motifs is 1. The summed E-state index contributed by atoms with van der Waals surface area (Å²) in [6.45, 7) is 0.255. The van der Waals surface area contributed by atoms with Gasteiger partial charge in [0.25, 0.3) is 5.91 Å². The third kappa shape index (κ3) is 3.97. The lowest BCUT2D eigenvalue weighted by Gasteiger charge is -2.12. The number of amides is 2. The lowest BCUT2D eigenvalue weighted by Crippen LogP contribution is -2.24. The molecule has 0 saturated carbocycles. The van der Waals surface area contributed by atoms with Gasteiger partial charge in [-0.25, -0.2) is 9.48 Å². The van der Waals surface area contributed by atoms with Crippen LogP contribution >= 0.6 is 0 Å². The summed E-state index contributed by atoms with van der Waals surface area (Å²) < 4.78 is 11.6. The predicted octanol–water partition coefficient (Wildman–Crippen LogP) is 3.01. The van der Waals surface area contributed by atoms with E-state index in [-0.39, 0.29) is 24.5 Å². The van der Waals surface area contributed by atoms with Crippen LogP contribution in [0.15, 0.2) is 54.6 Å². The zero-order valence-corrected chi connectivity index (χ0v) is 17.6. The van der Waals surface area contributed by atoms with Crippen LogP contribution in [0.25, 0.3) is 11.1 Å². The molecule has 4 rings (SSSR count). The van der Waals surface area contributed by atoms with Crippen LogP contribution in [0.5, 0.6) is 0 Å². The van der Waals surface area contributed by atoms with Gasteiger partial charge in [-0.05, 0) is 17.7 Å². The molecule has 0 radical (unpaired) electrons. The van der Waals surface area contributed by atoms with Crippen molar-refractivity contribution < 1.29 is 23.9 Å². The Kier molecular flexibility index (Phi) is 6.00. The van der Waals surface area contributed by atoms with Crippen molar-refractivity contribution in [1.82, 2.24) is 9.78 Å². The number of carbonyl (C=O) groups is 3. The molecule has 2 heterocycles. The fourth-order valence-corrected chi connectivity index (χ4v) is 3.72. The van der Waals surface area contributed by atoms with Crippen molar-refractivity contribution in [3.63, 3.8) is 0 Å². The van der Waals surface area contributed by atoms with Crippen LogP contribution in [0, 0.1) is 0 Å². The zero-order chi connectivity index (χ0) is 22.7. The highest BCUT2D eigenvalue weighted by atomic mass is 16.5. The second kappa shape index (κ2) is 9.03. The van der Waals surface area contributed by atoms with Gasteiger partial charge in [0.2, 0.25) is 5.91 Å². The van der Waals surface area contributed by atoms with E-state index in [1.54, 1.807) is 31.4 Å². The van der Waals surface area contributed by atoms with E-state index in [4.69, 9.17) is 9.47 Å². The van der Waals surface area contributed by atoms with Crippen LogP contribution in [0.2, 0.25) is 0 Å². The highest BCUT2D eigenvalue weighted by Crippen LogP contribution is 2.38. The maximum absolute atomic E-state index is 12.8. The number of methoxy groups -OCH3 is 2. The van der Waals surface area contributed by atoms with Crippen molar-refractivity contribution in [2.45, 2.75) is 19.1 Å². The standard InChI is InChI=1S/C23H22N4O5/c1-31-13-17-20(14-8-4-3-5-9-14)21-25-22(29)18(27(21)26-17)12-19(28)24-16-11-7-6-10-15(16)23(30)32-2/h3-11,18H,12-13H2,1-2H3,(H,24,28)(H,25,29). The fourth-order valence-electron chi connectivity index (χ4n) is 3.72. The van der Waals surface area contributed by atoms with Crippen LogP contribution in [0.3, 0.4) is 0 Å². The molecule has 0 saturated heterocycles. The Morgan fingerprint density at radius 2 is 1.81 bits per heavy atom. The first-order chi connectivity index (χ1) is 15.5. The summed E-state index contributed by atoms with van der Waals surface area (Å²) in [6.07, 6.45) is -0.156. The van der Waals surface area contributed by atoms with Crippen LogP contribution in [-0.4, -0.2) is 41.8 Å². The van der Waals surface area contributed by atoms with Crippen molar-refractivity contribution in [2.75, 3.05) is 24.9 Å².